The van der Waals surface area contributed by atoms with E-state index in [1.54, 1.807) is 18.4 Å². The zero-order chi connectivity index (χ0) is 15.1. The summed E-state index contributed by atoms with van der Waals surface area (Å²) in [5.41, 5.74) is 1.22. The average molecular weight is 302 g/mol. The van der Waals surface area contributed by atoms with Crippen LogP contribution in [0.2, 0.25) is 0 Å². The molecule has 21 heavy (non-hydrogen) atoms. The zero-order valence-electron chi connectivity index (χ0n) is 12.2. The Labute approximate surface area is 129 Å². The highest BCUT2D eigenvalue weighted by Crippen LogP contribution is 2.29. The summed E-state index contributed by atoms with van der Waals surface area (Å²) in [4.78, 5) is 2.01. The molecule has 3 nitrogen and oxygen atoms in total. The van der Waals surface area contributed by atoms with Crippen molar-refractivity contribution in [2.24, 2.45) is 0 Å². The standard InChI is InChI=1S/C17H18O3S/c1-3-13-6-9-16(17(11-13)19-2)20-12-15-8-7-14(21-15)5-4-10-18/h6-9,11,18H,3,10,12H2,1-2H3. The molecule has 0 amide bonds. The third kappa shape index (κ3) is 4.25. The molecule has 0 aliphatic rings. The van der Waals surface area contributed by atoms with Gasteiger partial charge in [0, 0.05) is 4.88 Å². The van der Waals surface area contributed by atoms with E-state index in [1.807, 2.05) is 30.3 Å². The van der Waals surface area contributed by atoms with E-state index in [0.717, 1.165) is 27.7 Å². The smallest absolute Gasteiger partial charge is 0.161 e. The summed E-state index contributed by atoms with van der Waals surface area (Å²) in [6, 6.07) is 9.91. The van der Waals surface area contributed by atoms with Gasteiger partial charge in [-0.25, -0.2) is 0 Å². The molecule has 2 aromatic rings. The lowest BCUT2D eigenvalue weighted by Crippen LogP contribution is -1.96. The second-order valence-corrected chi connectivity index (χ2v) is 5.52. The minimum Gasteiger partial charge on any atom is -0.493 e. The maximum atomic E-state index is 8.68. The lowest BCUT2D eigenvalue weighted by atomic mass is 10.1. The van der Waals surface area contributed by atoms with E-state index in [0.29, 0.717) is 6.61 Å². The highest BCUT2D eigenvalue weighted by Gasteiger charge is 2.06. The maximum absolute atomic E-state index is 8.68. The number of ether oxygens (including phenoxy) is 2. The summed E-state index contributed by atoms with van der Waals surface area (Å²) in [6.45, 7) is 2.47. The fourth-order valence-corrected chi connectivity index (χ4v) is 2.65. The lowest BCUT2D eigenvalue weighted by Gasteiger charge is -2.11. The van der Waals surface area contributed by atoms with Crippen LogP contribution >= 0.6 is 11.3 Å². The van der Waals surface area contributed by atoms with Gasteiger partial charge in [-0.3, -0.25) is 0 Å². The van der Waals surface area contributed by atoms with Crippen LogP contribution in [0.1, 0.15) is 22.2 Å². The molecule has 0 saturated carbocycles. The monoisotopic (exact) mass is 302 g/mol. The summed E-state index contributed by atoms with van der Waals surface area (Å²) in [6.07, 6.45) is 0.967. The van der Waals surface area contributed by atoms with Gasteiger partial charge in [-0.15, -0.1) is 11.3 Å². The van der Waals surface area contributed by atoms with Crippen molar-refractivity contribution >= 4 is 11.3 Å². The van der Waals surface area contributed by atoms with Crippen LogP contribution in [0, 0.1) is 11.8 Å². The molecule has 0 saturated heterocycles. The van der Waals surface area contributed by atoms with Crippen LogP contribution in [-0.4, -0.2) is 18.8 Å². The maximum Gasteiger partial charge on any atom is 0.161 e. The van der Waals surface area contributed by atoms with E-state index < -0.39 is 0 Å². The summed E-state index contributed by atoms with van der Waals surface area (Å²) in [7, 11) is 1.65. The van der Waals surface area contributed by atoms with Crippen LogP contribution in [0.3, 0.4) is 0 Å². The van der Waals surface area contributed by atoms with Crippen LogP contribution in [0.4, 0.5) is 0 Å². The van der Waals surface area contributed by atoms with Crippen molar-refractivity contribution in [2.75, 3.05) is 13.7 Å². The molecule has 0 bridgehead atoms. The Morgan fingerprint density at radius 2 is 2.05 bits per heavy atom. The fourth-order valence-electron chi connectivity index (χ4n) is 1.85. The molecule has 2 rings (SSSR count). The predicted molar refractivity (Wildman–Crippen MR) is 85.0 cm³/mol. The Bertz CT molecular complexity index is 650. The minimum atomic E-state index is -0.120. The Kier molecular flexibility index (Phi) is 5.68. The van der Waals surface area contributed by atoms with E-state index in [9.17, 15) is 0 Å². The van der Waals surface area contributed by atoms with Crippen molar-refractivity contribution in [1.29, 1.82) is 0 Å². The molecule has 1 aromatic heterocycles. The number of aryl methyl sites for hydroxylation is 1. The van der Waals surface area contributed by atoms with Crippen molar-refractivity contribution in [2.45, 2.75) is 20.0 Å². The number of benzene rings is 1. The van der Waals surface area contributed by atoms with Crippen LogP contribution < -0.4 is 9.47 Å². The van der Waals surface area contributed by atoms with Crippen molar-refractivity contribution in [1.82, 2.24) is 0 Å². The summed E-state index contributed by atoms with van der Waals surface area (Å²) in [5, 5.41) is 8.68. The van der Waals surface area contributed by atoms with Gasteiger partial charge in [0.25, 0.3) is 0 Å². The molecule has 0 fully saturated rings. The normalized spacial score (nSPS) is 9.86. The van der Waals surface area contributed by atoms with Crippen LogP contribution in [-0.2, 0) is 13.0 Å². The van der Waals surface area contributed by atoms with Gasteiger partial charge >= 0.3 is 0 Å². The molecule has 1 N–H and O–H groups in total. The molecule has 1 aromatic carbocycles. The number of hydrogen-bond donors (Lipinski definition) is 1. The van der Waals surface area contributed by atoms with Gasteiger partial charge in [-0.2, -0.15) is 0 Å². The van der Waals surface area contributed by atoms with Gasteiger partial charge < -0.3 is 14.6 Å². The van der Waals surface area contributed by atoms with Crippen LogP contribution in [0.5, 0.6) is 11.5 Å². The average Bonchev–Trinajstić information content (AvgIpc) is 2.98. The highest BCUT2D eigenvalue weighted by molar-refractivity contribution is 7.12. The first kappa shape index (κ1) is 15.4. The zero-order valence-corrected chi connectivity index (χ0v) is 13.0. The molecule has 0 spiro atoms. The van der Waals surface area contributed by atoms with Crippen molar-refractivity contribution in [3.05, 3.63) is 45.6 Å². The number of thiophene rings is 1. The molecule has 4 heteroatoms. The van der Waals surface area contributed by atoms with Gasteiger partial charge in [0.2, 0.25) is 0 Å². The quantitative estimate of drug-likeness (QED) is 0.862. The molecule has 110 valence electrons. The molecule has 0 atom stereocenters. The van der Waals surface area contributed by atoms with Gasteiger partial charge in [0.05, 0.1) is 12.0 Å². The topological polar surface area (TPSA) is 38.7 Å². The Morgan fingerprint density at radius 1 is 1.19 bits per heavy atom. The first-order valence-corrected chi connectivity index (χ1v) is 7.56. The number of rotatable bonds is 5. The van der Waals surface area contributed by atoms with E-state index >= 15 is 0 Å². The molecular formula is C17H18O3S. The van der Waals surface area contributed by atoms with E-state index in [1.165, 1.54) is 5.56 Å². The number of aliphatic hydroxyl groups is 1. The molecule has 0 aliphatic carbocycles. The third-order valence-corrected chi connectivity index (χ3v) is 3.93. The lowest BCUT2D eigenvalue weighted by molar-refractivity contribution is 0.287. The number of aliphatic hydroxyl groups excluding tert-OH is 1. The molecule has 0 unspecified atom stereocenters. The first-order valence-electron chi connectivity index (χ1n) is 6.75. The molecule has 0 aliphatic heterocycles. The van der Waals surface area contributed by atoms with E-state index in [4.69, 9.17) is 14.6 Å². The molecule has 0 radical (unpaired) electrons. The largest absolute Gasteiger partial charge is 0.493 e. The summed E-state index contributed by atoms with van der Waals surface area (Å²) < 4.78 is 11.2. The second kappa shape index (κ2) is 7.72. The summed E-state index contributed by atoms with van der Waals surface area (Å²) in [5.74, 6) is 7.02. The van der Waals surface area contributed by atoms with Gasteiger partial charge in [0.1, 0.15) is 13.2 Å². The van der Waals surface area contributed by atoms with Crippen molar-refractivity contribution < 1.29 is 14.6 Å². The highest BCUT2D eigenvalue weighted by atomic mass is 32.1. The van der Waals surface area contributed by atoms with Crippen molar-refractivity contribution in [3.8, 4) is 23.3 Å². The predicted octanol–water partition coefficient (Wildman–Crippen LogP) is 3.24. The summed E-state index contributed by atoms with van der Waals surface area (Å²) >= 11 is 1.56. The Hall–Kier alpha value is -1.96. The van der Waals surface area contributed by atoms with E-state index in [-0.39, 0.29) is 6.61 Å². The Morgan fingerprint density at radius 3 is 2.76 bits per heavy atom. The third-order valence-electron chi connectivity index (χ3n) is 2.96. The van der Waals surface area contributed by atoms with Gasteiger partial charge in [0.15, 0.2) is 11.5 Å². The van der Waals surface area contributed by atoms with Crippen molar-refractivity contribution in [3.63, 3.8) is 0 Å². The molecular weight excluding hydrogens is 284 g/mol. The Balaban J connectivity index is 2.04. The molecule has 1 heterocycles. The van der Waals surface area contributed by atoms with Gasteiger partial charge in [-0.1, -0.05) is 24.8 Å². The SMILES string of the molecule is CCc1ccc(OCc2ccc(C#CCO)s2)c(OC)c1. The first-order chi connectivity index (χ1) is 10.3. The van der Waals surface area contributed by atoms with Crippen LogP contribution in [0.15, 0.2) is 30.3 Å². The second-order valence-electron chi connectivity index (χ2n) is 4.35. The number of methoxy groups -OCH3 is 1. The number of hydrogen-bond acceptors (Lipinski definition) is 4. The van der Waals surface area contributed by atoms with Gasteiger partial charge in [-0.05, 0) is 36.2 Å². The minimum absolute atomic E-state index is 0.120. The van der Waals surface area contributed by atoms with Crippen LogP contribution in [0.25, 0.3) is 0 Å². The van der Waals surface area contributed by atoms with E-state index in [2.05, 4.69) is 18.8 Å². The fraction of sp³-hybridized carbons (Fsp3) is 0.294.